The van der Waals surface area contributed by atoms with Gasteiger partial charge in [0.25, 0.3) is 5.91 Å². The van der Waals surface area contributed by atoms with Crippen LogP contribution in [0.15, 0.2) is 48.5 Å². The van der Waals surface area contributed by atoms with Gasteiger partial charge in [0.15, 0.2) is 6.61 Å². The van der Waals surface area contributed by atoms with Gasteiger partial charge in [-0.2, -0.15) is 0 Å². The van der Waals surface area contributed by atoms with Crippen LogP contribution in [-0.4, -0.2) is 43.5 Å². The number of carbonyl (C=O) groups is 2. The quantitative estimate of drug-likeness (QED) is 0.703. The van der Waals surface area contributed by atoms with Crippen LogP contribution in [0.3, 0.4) is 0 Å². The molecule has 28 heavy (non-hydrogen) atoms. The summed E-state index contributed by atoms with van der Waals surface area (Å²) in [5, 5.41) is 0. The van der Waals surface area contributed by atoms with Gasteiger partial charge in [-0.25, -0.2) is 0 Å². The van der Waals surface area contributed by atoms with Crippen molar-refractivity contribution < 1.29 is 19.1 Å². The second kappa shape index (κ2) is 9.26. The Morgan fingerprint density at radius 2 is 1.68 bits per heavy atom. The van der Waals surface area contributed by atoms with Crippen LogP contribution in [0.4, 0.5) is 5.69 Å². The lowest BCUT2D eigenvalue weighted by atomic mass is 10.2. The van der Waals surface area contributed by atoms with Gasteiger partial charge < -0.3 is 19.3 Å². The number of rotatable bonds is 8. The first-order valence-electron chi connectivity index (χ1n) is 9.55. The van der Waals surface area contributed by atoms with Gasteiger partial charge >= 0.3 is 0 Å². The molecule has 0 unspecified atom stereocenters. The van der Waals surface area contributed by atoms with E-state index >= 15 is 0 Å². The van der Waals surface area contributed by atoms with Crippen molar-refractivity contribution in [3.63, 3.8) is 0 Å². The van der Waals surface area contributed by atoms with E-state index in [1.54, 1.807) is 29.0 Å². The number of carbonyl (C=O) groups excluding carboxylic acids is 2. The van der Waals surface area contributed by atoms with Crippen LogP contribution < -0.4 is 14.4 Å². The third kappa shape index (κ3) is 5.03. The Balaban J connectivity index is 1.48. The first-order chi connectivity index (χ1) is 13.6. The summed E-state index contributed by atoms with van der Waals surface area (Å²) in [6.07, 6.45) is 1.50. The van der Waals surface area contributed by atoms with E-state index < -0.39 is 0 Å². The maximum absolute atomic E-state index is 12.3. The molecule has 0 N–H and O–H groups in total. The number of amides is 2. The molecule has 2 aromatic carbocycles. The number of nitrogens with zero attached hydrogens (tertiary/aromatic N) is 2. The summed E-state index contributed by atoms with van der Waals surface area (Å²) in [5.41, 5.74) is 1.90. The Morgan fingerprint density at radius 1 is 1.04 bits per heavy atom. The summed E-state index contributed by atoms with van der Waals surface area (Å²) in [7, 11) is 1.75. The SMILES string of the molecule is CCOc1ccc(CN(C)C(=O)COc2ccc(N3CCCC3=O)cc2)cc1. The Bertz CT molecular complexity index is 802. The molecule has 0 aromatic heterocycles. The lowest BCUT2D eigenvalue weighted by Crippen LogP contribution is -2.30. The summed E-state index contributed by atoms with van der Waals surface area (Å²) >= 11 is 0. The van der Waals surface area contributed by atoms with Crippen LogP contribution in [0, 0.1) is 0 Å². The van der Waals surface area contributed by atoms with Crippen LogP contribution in [0.2, 0.25) is 0 Å². The molecule has 0 aliphatic carbocycles. The highest BCUT2D eigenvalue weighted by atomic mass is 16.5. The molecule has 0 bridgehead atoms. The van der Waals surface area contributed by atoms with Gasteiger partial charge in [-0.05, 0) is 55.3 Å². The molecule has 0 spiro atoms. The Kier molecular flexibility index (Phi) is 6.53. The van der Waals surface area contributed by atoms with E-state index in [9.17, 15) is 9.59 Å². The summed E-state index contributed by atoms with van der Waals surface area (Å²) in [4.78, 5) is 27.5. The van der Waals surface area contributed by atoms with Crippen molar-refractivity contribution in [1.82, 2.24) is 4.90 Å². The number of hydrogen-bond acceptors (Lipinski definition) is 4. The zero-order chi connectivity index (χ0) is 19.9. The molecule has 2 amide bonds. The lowest BCUT2D eigenvalue weighted by molar-refractivity contribution is -0.132. The van der Waals surface area contributed by atoms with Crippen LogP contribution in [0.5, 0.6) is 11.5 Å². The predicted molar refractivity (Wildman–Crippen MR) is 108 cm³/mol. The fraction of sp³-hybridized carbons (Fsp3) is 0.364. The average Bonchev–Trinajstić information content (AvgIpc) is 3.14. The van der Waals surface area contributed by atoms with E-state index in [0.717, 1.165) is 30.0 Å². The van der Waals surface area contributed by atoms with E-state index in [1.165, 1.54) is 0 Å². The molecule has 1 aliphatic rings. The monoisotopic (exact) mass is 382 g/mol. The van der Waals surface area contributed by atoms with Gasteiger partial charge in [0, 0.05) is 32.2 Å². The first kappa shape index (κ1) is 19.7. The topological polar surface area (TPSA) is 59.1 Å². The van der Waals surface area contributed by atoms with E-state index in [2.05, 4.69) is 0 Å². The van der Waals surface area contributed by atoms with Gasteiger partial charge in [-0.1, -0.05) is 12.1 Å². The zero-order valence-corrected chi connectivity index (χ0v) is 16.4. The fourth-order valence-corrected chi connectivity index (χ4v) is 3.12. The summed E-state index contributed by atoms with van der Waals surface area (Å²) in [6.45, 7) is 3.80. The summed E-state index contributed by atoms with van der Waals surface area (Å²) in [6, 6.07) is 15.0. The lowest BCUT2D eigenvalue weighted by Gasteiger charge is -2.18. The van der Waals surface area contributed by atoms with Crippen LogP contribution >= 0.6 is 0 Å². The molecule has 3 rings (SSSR count). The molecule has 148 valence electrons. The third-order valence-electron chi connectivity index (χ3n) is 4.66. The highest BCUT2D eigenvalue weighted by Gasteiger charge is 2.21. The molecule has 1 heterocycles. The van der Waals surface area contributed by atoms with E-state index in [1.807, 2.05) is 43.3 Å². The highest BCUT2D eigenvalue weighted by Crippen LogP contribution is 2.24. The van der Waals surface area contributed by atoms with Crippen molar-refractivity contribution >= 4 is 17.5 Å². The second-order valence-electron chi connectivity index (χ2n) is 6.76. The van der Waals surface area contributed by atoms with Gasteiger partial charge in [0.05, 0.1) is 6.61 Å². The number of hydrogen-bond donors (Lipinski definition) is 0. The van der Waals surface area contributed by atoms with Crippen LogP contribution in [-0.2, 0) is 16.1 Å². The number of ether oxygens (including phenoxy) is 2. The molecule has 0 atom stereocenters. The number of benzene rings is 2. The van der Waals surface area contributed by atoms with E-state index in [-0.39, 0.29) is 18.4 Å². The first-order valence-corrected chi connectivity index (χ1v) is 9.55. The van der Waals surface area contributed by atoms with Crippen molar-refractivity contribution in [3.05, 3.63) is 54.1 Å². The van der Waals surface area contributed by atoms with Crippen molar-refractivity contribution in [1.29, 1.82) is 0 Å². The van der Waals surface area contributed by atoms with Crippen molar-refractivity contribution in [2.24, 2.45) is 0 Å². The van der Waals surface area contributed by atoms with Crippen LogP contribution in [0.1, 0.15) is 25.3 Å². The largest absolute Gasteiger partial charge is 0.494 e. The molecule has 6 heteroatoms. The summed E-state index contributed by atoms with van der Waals surface area (Å²) < 4.78 is 11.0. The maximum atomic E-state index is 12.3. The van der Waals surface area contributed by atoms with Crippen molar-refractivity contribution in [3.8, 4) is 11.5 Å². The third-order valence-corrected chi connectivity index (χ3v) is 4.66. The smallest absolute Gasteiger partial charge is 0.260 e. The zero-order valence-electron chi connectivity index (χ0n) is 16.4. The Morgan fingerprint density at radius 3 is 2.29 bits per heavy atom. The second-order valence-corrected chi connectivity index (χ2v) is 6.76. The number of likely N-dealkylation sites (N-methyl/N-ethyl adjacent to an activating group) is 1. The van der Waals surface area contributed by atoms with Crippen molar-refractivity contribution in [2.45, 2.75) is 26.3 Å². The average molecular weight is 382 g/mol. The van der Waals surface area contributed by atoms with Crippen molar-refractivity contribution in [2.75, 3.05) is 31.7 Å². The minimum Gasteiger partial charge on any atom is -0.494 e. The molecule has 1 fully saturated rings. The minimum absolute atomic E-state index is 0.0322. The van der Waals surface area contributed by atoms with Gasteiger partial charge in [0.1, 0.15) is 11.5 Å². The maximum Gasteiger partial charge on any atom is 0.260 e. The number of anilines is 1. The molecular formula is C22H26N2O4. The fourth-order valence-electron chi connectivity index (χ4n) is 3.12. The summed E-state index contributed by atoms with van der Waals surface area (Å²) in [5.74, 6) is 1.48. The van der Waals surface area contributed by atoms with Gasteiger partial charge in [-0.3, -0.25) is 9.59 Å². The minimum atomic E-state index is -0.104. The molecule has 0 saturated carbocycles. The molecule has 0 radical (unpaired) electrons. The van der Waals surface area contributed by atoms with Crippen LogP contribution in [0.25, 0.3) is 0 Å². The predicted octanol–water partition coefficient (Wildman–Crippen LogP) is 3.25. The molecule has 1 saturated heterocycles. The normalized spacial score (nSPS) is 13.5. The molecule has 1 aliphatic heterocycles. The molecule has 2 aromatic rings. The van der Waals surface area contributed by atoms with Gasteiger partial charge in [0.2, 0.25) is 5.91 Å². The van der Waals surface area contributed by atoms with E-state index in [0.29, 0.717) is 25.3 Å². The van der Waals surface area contributed by atoms with E-state index in [4.69, 9.17) is 9.47 Å². The standard InChI is InChI=1S/C22H26N2O4/c1-3-27-19-10-6-17(7-11-19)15-23(2)22(26)16-28-20-12-8-18(9-13-20)24-14-4-5-21(24)25/h6-13H,3-5,14-16H2,1-2H3. The molecule has 6 nitrogen and oxygen atoms in total. The molecular weight excluding hydrogens is 356 g/mol. The highest BCUT2D eigenvalue weighted by molar-refractivity contribution is 5.95. The van der Waals surface area contributed by atoms with Gasteiger partial charge in [-0.15, -0.1) is 0 Å². The Hall–Kier alpha value is -3.02. The Labute approximate surface area is 165 Å².